The molecule has 4 heteroatoms. The fourth-order valence-electron chi connectivity index (χ4n) is 2.11. The summed E-state index contributed by atoms with van der Waals surface area (Å²) in [7, 11) is 0. The number of rotatable bonds is 2. The summed E-state index contributed by atoms with van der Waals surface area (Å²) in [4.78, 5) is 0. The Morgan fingerprint density at radius 2 is 1.83 bits per heavy atom. The van der Waals surface area contributed by atoms with E-state index in [1.165, 1.54) is 5.56 Å². The van der Waals surface area contributed by atoms with Gasteiger partial charge in [-0.25, -0.2) is 0 Å². The Kier molecular flexibility index (Phi) is 2.48. The Bertz CT molecular complexity index is 686. The molecule has 2 N–H and O–H groups in total. The lowest BCUT2D eigenvalue weighted by molar-refractivity contribution is 0.916. The summed E-state index contributed by atoms with van der Waals surface area (Å²) < 4.78 is 2.02. The van der Waals surface area contributed by atoms with E-state index < -0.39 is 0 Å². The first-order valence-electron chi connectivity index (χ1n) is 5.89. The molecule has 0 bridgehead atoms. The molecular formula is C14H14N4. The largest absolute Gasteiger partial charge is 0.397 e. The fraction of sp³-hybridized carbons (Fsp3) is 0.143. The van der Waals surface area contributed by atoms with Crippen LogP contribution in [0, 0.1) is 6.92 Å². The van der Waals surface area contributed by atoms with E-state index in [-0.39, 0.29) is 0 Å². The minimum Gasteiger partial charge on any atom is -0.397 e. The zero-order chi connectivity index (χ0) is 12.5. The molecule has 0 saturated heterocycles. The second-order valence-corrected chi connectivity index (χ2v) is 4.35. The van der Waals surface area contributed by atoms with E-state index in [4.69, 9.17) is 5.73 Å². The zero-order valence-corrected chi connectivity index (χ0v) is 10.2. The summed E-state index contributed by atoms with van der Waals surface area (Å²) in [5.41, 5.74) is 9.74. The van der Waals surface area contributed by atoms with Crippen molar-refractivity contribution in [2.45, 2.75) is 13.3 Å². The van der Waals surface area contributed by atoms with Crippen LogP contribution >= 0.6 is 0 Å². The van der Waals surface area contributed by atoms with Crippen LogP contribution in [0.4, 0.5) is 5.69 Å². The topological polar surface area (TPSA) is 56.2 Å². The van der Waals surface area contributed by atoms with Crippen molar-refractivity contribution < 1.29 is 0 Å². The van der Waals surface area contributed by atoms with Crippen LogP contribution < -0.4 is 5.73 Å². The van der Waals surface area contributed by atoms with Gasteiger partial charge in [-0.2, -0.15) is 0 Å². The number of aryl methyl sites for hydroxylation is 1. The maximum atomic E-state index is 5.93. The lowest BCUT2D eigenvalue weighted by atomic mass is 10.1. The summed E-state index contributed by atoms with van der Waals surface area (Å²) in [5.74, 6) is 0.918. The highest BCUT2D eigenvalue weighted by molar-refractivity contribution is 5.52. The van der Waals surface area contributed by atoms with Gasteiger partial charge in [0.05, 0.1) is 5.69 Å². The third-order valence-electron chi connectivity index (χ3n) is 3.13. The van der Waals surface area contributed by atoms with E-state index in [9.17, 15) is 0 Å². The standard InChI is InChI=1S/C14H14N4/c1-10-12(15)7-8-13-16-17-14(18(10)13)9-11-5-3-2-4-6-11/h2-8H,9,15H2,1H3. The molecule has 0 fully saturated rings. The smallest absolute Gasteiger partial charge is 0.161 e. The number of hydrogen-bond donors (Lipinski definition) is 1. The minimum atomic E-state index is 0.756. The second kappa shape index (κ2) is 4.14. The van der Waals surface area contributed by atoms with Crippen LogP contribution in [0.15, 0.2) is 42.5 Å². The van der Waals surface area contributed by atoms with Crippen LogP contribution in [-0.2, 0) is 6.42 Å². The van der Waals surface area contributed by atoms with E-state index in [0.29, 0.717) is 0 Å². The van der Waals surface area contributed by atoms with Crippen molar-refractivity contribution >= 4 is 11.3 Å². The lowest BCUT2D eigenvalue weighted by Gasteiger charge is -2.06. The van der Waals surface area contributed by atoms with Crippen molar-refractivity contribution in [3.05, 3.63) is 59.5 Å². The molecule has 18 heavy (non-hydrogen) atoms. The number of fused-ring (bicyclic) bond motifs is 1. The number of hydrogen-bond acceptors (Lipinski definition) is 3. The fourth-order valence-corrected chi connectivity index (χ4v) is 2.11. The summed E-state index contributed by atoms with van der Waals surface area (Å²) in [6.07, 6.45) is 0.756. The highest BCUT2D eigenvalue weighted by atomic mass is 15.2. The van der Waals surface area contributed by atoms with Crippen molar-refractivity contribution in [1.82, 2.24) is 14.6 Å². The van der Waals surface area contributed by atoms with Crippen LogP contribution in [0.5, 0.6) is 0 Å². The molecule has 0 amide bonds. The average Bonchev–Trinajstić information content (AvgIpc) is 2.79. The number of anilines is 1. The van der Waals surface area contributed by atoms with Crippen LogP contribution in [-0.4, -0.2) is 14.6 Å². The highest BCUT2D eigenvalue weighted by Gasteiger charge is 2.09. The molecular weight excluding hydrogens is 224 g/mol. The van der Waals surface area contributed by atoms with Crippen LogP contribution in [0.2, 0.25) is 0 Å². The molecule has 0 atom stereocenters. The molecule has 0 spiro atoms. The molecule has 4 nitrogen and oxygen atoms in total. The maximum absolute atomic E-state index is 5.93. The van der Waals surface area contributed by atoms with Gasteiger partial charge in [-0.15, -0.1) is 10.2 Å². The van der Waals surface area contributed by atoms with Crippen LogP contribution in [0.25, 0.3) is 5.65 Å². The molecule has 0 unspecified atom stereocenters. The monoisotopic (exact) mass is 238 g/mol. The van der Waals surface area contributed by atoms with Crippen LogP contribution in [0.3, 0.4) is 0 Å². The van der Waals surface area contributed by atoms with Gasteiger partial charge >= 0.3 is 0 Å². The van der Waals surface area contributed by atoms with Gasteiger partial charge in [-0.3, -0.25) is 4.40 Å². The third kappa shape index (κ3) is 1.72. The Morgan fingerprint density at radius 3 is 2.61 bits per heavy atom. The molecule has 0 aliphatic carbocycles. The lowest BCUT2D eigenvalue weighted by Crippen LogP contribution is -2.02. The second-order valence-electron chi connectivity index (χ2n) is 4.35. The first-order chi connectivity index (χ1) is 8.75. The summed E-state index contributed by atoms with van der Waals surface area (Å²) in [6, 6.07) is 14.0. The van der Waals surface area contributed by atoms with Crippen LogP contribution in [0.1, 0.15) is 17.1 Å². The Labute approximate surface area is 105 Å². The number of nitrogens with two attached hydrogens (primary N) is 1. The SMILES string of the molecule is Cc1c(N)ccc2nnc(Cc3ccccc3)n12. The van der Waals surface area contributed by atoms with Gasteiger partial charge in [0.15, 0.2) is 5.65 Å². The first-order valence-corrected chi connectivity index (χ1v) is 5.89. The van der Waals surface area contributed by atoms with Gasteiger partial charge in [0.1, 0.15) is 5.82 Å². The van der Waals surface area contributed by atoms with Crippen molar-refractivity contribution in [2.24, 2.45) is 0 Å². The van der Waals surface area contributed by atoms with E-state index in [1.54, 1.807) is 0 Å². The Balaban J connectivity index is 2.10. The molecule has 0 aliphatic heterocycles. The number of aromatic nitrogens is 3. The van der Waals surface area contributed by atoms with Gasteiger partial charge in [-0.05, 0) is 24.6 Å². The number of pyridine rings is 1. The number of nitrogen functional groups attached to an aromatic ring is 1. The molecule has 0 saturated carbocycles. The first kappa shape index (κ1) is 10.8. The Hall–Kier alpha value is -2.36. The molecule has 3 aromatic rings. The average molecular weight is 238 g/mol. The van der Waals surface area contributed by atoms with Crippen molar-refractivity contribution in [3.8, 4) is 0 Å². The molecule has 0 aliphatic rings. The molecule has 1 aromatic carbocycles. The zero-order valence-electron chi connectivity index (χ0n) is 10.2. The minimum absolute atomic E-state index is 0.756. The molecule has 2 heterocycles. The van der Waals surface area contributed by atoms with Gasteiger partial charge in [0, 0.05) is 12.1 Å². The third-order valence-corrected chi connectivity index (χ3v) is 3.13. The van der Waals surface area contributed by atoms with Gasteiger partial charge in [0.25, 0.3) is 0 Å². The van der Waals surface area contributed by atoms with E-state index in [2.05, 4.69) is 22.3 Å². The van der Waals surface area contributed by atoms with Gasteiger partial charge < -0.3 is 5.73 Å². The number of benzene rings is 1. The van der Waals surface area contributed by atoms with Crippen molar-refractivity contribution in [1.29, 1.82) is 0 Å². The van der Waals surface area contributed by atoms with E-state index in [1.807, 2.05) is 41.7 Å². The van der Waals surface area contributed by atoms with Gasteiger partial charge in [0.2, 0.25) is 0 Å². The summed E-state index contributed by atoms with van der Waals surface area (Å²) >= 11 is 0. The maximum Gasteiger partial charge on any atom is 0.161 e. The predicted molar refractivity (Wildman–Crippen MR) is 71.4 cm³/mol. The molecule has 90 valence electrons. The highest BCUT2D eigenvalue weighted by Crippen LogP contribution is 2.16. The molecule has 3 rings (SSSR count). The van der Waals surface area contributed by atoms with E-state index in [0.717, 1.165) is 29.3 Å². The van der Waals surface area contributed by atoms with E-state index >= 15 is 0 Å². The van der Waals surface area contributed by atoms with Gasteiger partial charge in [-0.1, -0.05) is 30.3 Å². The quantitative estimate of drug-likeness (QED) is 0.744. The van der Waals surface area contributed by atoms with Crippen molar-refractivity contribution in [2.75, 3.05) is 5.73 Å². The summed E-state index contributed by atoms with van der Waals surface area (Å²) in [6.45, 7) is 1.99. The number of nitrogens with zero attached hydrogens (tertiary/aromatic N) is 3. The summed E-state index contributed by atoms with van der Waals surface area (Å²) in [5, 5.41) is 8.42. The van der Waals surface area contributed by atoms with Crippen molar-refractivity contribution in [3.63, 3.8) is 0 Å². The molecule has 2 aromatic heterocycles. The Morgan fingerprint density at radius 1 is 1.06 bits per heavy atom. The normalized spacial score (nSPS) is 10.9. The predicted octanol–water partition coefficient (Wildman–Crippen LogP) is 2.21. The molecule has 0 radical (unpaired) electrons.